The van der Waals surface area contributed by atoms with Crippen LogP contribution in [0.3, 0.4) is 0 Å². The van der Waals surface area contributed by atoms with Crippen molar-refractivity contribution in [3.63, 3.8) is 0 Å². The Morgan fingerprint density at radius 1 is 1.59 bits per heavy atom. The third-order valence-corrected chi connectivity index (χ3v) is 2.11. The second kappa shape index (κ2) is 6.44. The number of carboxylic acid groups (broad SMARTS) is 1. The van der Waals surface area contributed by atoms with E-state index in [0.717, 1.165) is 5.56 Å². The first-order valence-corrected chi connectivity index (χ1v) is 4.65. The van der Waals surface area contributed by atoms with E-state index in [4.69, 9.17) is 9.84 Å². The van der Waals surface area contributed by atoms with Crippen LogP contribution in [0.2, 0.25) is 0 Å². The van der Waals surface area contributed by atoms with Crippen LogP contribution in [0.5, 0.6) is 5.75 Å². The summed E-state index contributed by atoms with van der Waals surface area (Å²) in [6.07, 6.45) is 1.58. The van der Waals surface area contributed by atoms with Gasteiger partial charge < -0.3 is 20.0 Å². The van der Waals surface area contributed by atoms with E-state index in [-0.39, 0.29) is 6.42 Å². The van der Waals surface area contributed by atoms with E-state index in [1.807, 2.05) is 0 Å². The summed E-state index contributed by atoms with van der Waals surface area (Å²) in [7, 11) is 1.53. The van der Waals surface area contributed by atoms with Crippen molar-refractivity contribution >= 4 is 12.4 Å². The third-order valence-electron chi connectivity index (χ3n) is 2.11. The van der Waals surface area contributed by atoms with E-state index >= 15 is 0 Å². The van der Waals surface area contributed by atoms with E-state index in [2.05, 4.69) is 5.32 Å². The van der Waals surface area contributed by atoms with Gasteiger partial charge in [-0.25, -0.2) is 0 Å². The van der Waals surface area contributed by atoms with Gasteiger partial charge in [-0.05, 0) is 17.7 Å². The molecule has 0 aliphatic heterocycles. The minimum atomic E-state index is -1.09. The average molecular weight is 479 g/mol. The molecule has 1 atom stereocenters. The van der Waals surface area contributed by atoms with Crippen LogP contribution in [0.15, 0.2) is 24.3 Å². The predicted molar refractivity (Wildman–Crippen MR) is 57.0 cm³/mol. The normalized spacial score (nSPS) is 10.9. The summed E-state index contributed by atoms with van der Waals surface area (Å²) in [6, 6.07) is 6.05. The molecule has 1 rings (SSSR count). The fraction of sp³-hybridized carbons (Fsp3) is 0.273. The summed E-state index contributed by atoms with van der Waals surface area (Å²) < 4.78 is 5.01. The zero-order chi connectivity index (χ0) is 12.0. The maximum absolute atomic E-state index is 10.8. The van der Waals surface area contributed by atoms with Gasteiger partial charge in [0.2, 0.25) is 0 Å². The Hall–Kier alpha value is -3.04. The number of ether oxygens (including phenoxy) is 1. The van der Waals surface area contributed by atoms with Gasteiger partial charge in [0.05, 0.1) is 7.11 Å². The molecule has 0 radical (unpaired) electrons. The fourth-order valence-electron chi connectivity index (χ4n) is 1.31. The summed E-state index contributed by atoms with van der Waals surface area (Å²) in [5.41, 5.74) is 0.773. The summed E-state index contributed by atoms with van der Waals surface area (Å²) >= 11 is 0. The molecule has 0 aliphatic carbocycles. The summed E-state index contributed by atoms with van der Waals surface area (Å²) in [5.74, 6) is -0.442. The summed E-state index contributed by atoms with van der Waals surface area (Å²) in [4.78, 5) is 20.9. The molecule has 1 aromatic rings. The van der Waals surface area contributed by atoms with Gasteiger partial charge in [0.1, 0.15) is 11.8 Å². The molecule has 1 amide bonds. The summed E-state index contributed by atoms with van der Waals surface area (Å²) in [6.45, 7) is 0. The monoisotopic (exact) mass is 479 g/mol. The molecule has 2 N–H and O–H groups in total. The molecule has 1 unspecified atom stereocenters. The molecule has 0 spiro atoms. The van der Waals surface area contributed by atoms with E-state index in [0.29, 0.717) is 5.75 Å². The molecular weight excluding hydrogens is 467 g/mol. The van der Waals surface area contributed by atoms with Gasteiger partial charge in [0, 0.05) is 6.42 Å². The Morgan fingerprint density at radius 3 is 2.82 bits per heavy atom. The molecule has 0 aromatic heterocycles. The smallest absolute Gasteiger partial charge is 0.323 e. The number of benzene rings is 1. The fourth-order valence-corrected chi connectivity index (χ4v) is 1.31. The van der Waals surface area contributed by atoms with Crippen molar-refractivity contribution in [3.8, 4) is 5.75 Å². The molecule has 1 aromatic carbocycles. The van der Waals surface area contributed by atoms with Crippen molar-refractivity contribution in [2.75, 3.05) is 7.11 Å². The van der Waals surface area contributed by atoms with Crippen molar-refractivity contribution in [1.29, 1.82) is 0 Å². The molecule has 0 saturated heterocycles. The first-order chi connectivity index (χ1) is 7.67. The van der Waals surface area contributed by atoms with Crippen LogP contribution >= 0.6 is 0 Å². The Morgan fingerprint density at radius 2 is 2.29 bits per heavy atom. The number of methoxy groups -OCH3 is 1. The Labute approximate surface area is 93.0 Å². The maximum Gasteiger partial charge on any atom is 0.323 e. The van der Waals surface area contributed by atoms with Gasteiger partial charge in [0.15, 0.2) is 0 Å². The van der Waals surface area contributed by atoms with Crippen LogP contribution in [0.25, 0.3) is 0 Å². The van der Waals surface area contributed by atoms with Crippen LogP contribution < -0.4 is 10.1 Å². The zero-order valence-corrected chi connectivity index (χ0v) is 11.5. The SMILES string of the molecule is COc1cccc(CC(N[C-]=O)C(=O)O)c1.[Fm]. The average Bonchev–Trinajstić information content (AvgIpc) is 2.28. The standard InChI is InChI=1S/C11H12NO4.Fm/c1-16-9-4-2-3-8(5-9)6-10(11(14)15)12-7-13;/h2-5,10H,6H2,1H3,(H,12,13)(H,14,15);/q-1;. The number of hydrogen-bond donors (Lipinski definition) is 2. The molecule has 6 heteroatoms. The van der Waals surface area contributed by atoms with Gasteiger partial charge in [-0.15, -0.1) is 0 Å². The second-order valence-electron chi connectivity index (χ2n) is 3.19. The van der Waals surface area contributed by atoms with Crippen LogP contribution in [0, 0.1) is 0 Å². The summed E-state index contributed by atoms with van der Waals surface area (Å²) in [5, 5.41) is 10.9. The van der Waals surface area contributed by atoms with Gasteiger partial charge >= 0.3 is 5.97 Å². The number of hydrogen-bond acceptors (Lipinski definition) is 3. The van der Waals surface area contributed by atoms with Gasteiger partial charge in [-0.1, -0.05) is 12.1 Å². The van der Waals surface area contributed by atoms with E-state index in [9.17, 15) is 9.59 Å². The first kappa shape index (κ1) is 14.0. The number of carbonyl (C=O) groups is 1. The Balaban J connectivity index is 0.00000256. The molecule has 0 heterocycles. The van der Waals surface area contributed by atoms with Gasteiger partial charge in [-0.3, -0.25) is 4.79 Å². The first-order valence-electron chi connectivity index (χ1n) is 4.65. The van der Waals surface area contributed by atoms with E-state index in [1.165, 1.54) is 13.5 Å². The number of nitrogens with one attached hydrogen (secondary N) is 1. The predicted octanol–water partition coefficient (Wildman–Crippen LogP) is 0.348. The molecule has 0 bridgehead atoms. The third kappa shape index (κ3) is 3.91. The topological polar surface area (TPSA) is 75.6 Å². The van der Waals surface area contributed by atoms with Crippen LogP contribution in [0.1, 0.15) is 5.56 Å². The minimum absolute atomic E-state index is 0. The maximum atomic E-state index is 10.8. The van der Waals surface area contributed by atoms with Crippen molar-refractivity contribution < 1.29 is 19.4 Å². The molecule has 0 saturated carbocycles. The van der Waals surface area contributed by atoms with E-state index < -0.39 is 12.0 Å². The van der Waals surface area contributed by atoms with Crippen LogP contribution in [0.4, 0.5) is 0 Å². The van der Waals surface area contributed by atoms with Crippen molar-refractivity contribution in [1.82, 2.24) is 5.32 Å². The molecular formula is C11H12FmNO4-. The van der Waals surface area contributed by atoms with E-state index in [1.54, 1.807) is 24.3 Å². The van der Waals surface area contributed by atoms with Gasteiger partial charge in [0.25, 0.3) is 0 Å². The largest absolute Gasteiger partial charge is 0.520 e. The number of carbonyl (C=O) groups excluding carboxylic acids is 1. The Kier molecular flexibility index (Phi) is 5.29. The van der Waals surface area contributed by atoms with Gasteiger partial charge in [-0.2, -0.15) is 6.41 Å². The Bertz CT molecular complexity index is 383. The van der Waals surface area contributed by atoms with Crippen molar-refractivity contribution in [2.24, 2.45) is 0 Å². The number of amides is 1. The quantitative estimate of drug-likeness (QED) is 0.457. The number of aliphatic carboxylic acids is 1. The number of rotatable bonds is 6. The van der Waals surface area contributed by atoms with Crippen LogP contribution in [-0.4, -0.2) is 30.6 Å². The molecule has 0 fully saturated rings. The number of carboxylic acids is 1. The molecule has 98 valence electrons. The minimum Gasteiger partial charge on any atom is -0.520 e. The molecule has 0 aliphatic rings. The van der Waals surface area contributed by atoms with Crippen molar-refractivity contribution in [3.05, 3.63) is 29.8 Å². The van der Waals surface area contributed by atoms with Crippen LogP contribution in [-0.2, 0) is 16.0 Å². The molecule has 17 heavy (non-hydrogen) atoms. The zero-order valence-electron chi connectivity index (χ0n) is 9.05. The second-order valence-corrected chi connectivity index (χ2v) is 3.19. The molecule has 5 nitrogen and oxygen atoms in total. The van der Waals surface area contributed by atoms with Crippen molar-refractivity contribution in [2.45, 2.75) is 12.5 Å².